The fourth-order valence-corrected chi connectivity index (χ4v) is 4.14. The summed E-state index contributed by atoms with van der Waals surface area (Å²) in [5.74, 6) is 0.672. The molecule has 0 saturated heterocycles. The number of nitro groups is 1. The summed E-state index contributed by atoms with van der Waals surface area (Å²) in [6.45, 7) is 1.91. The molecule has 0 fully saturated rings. The first-order valence-electron chi connectivity index (χ1n) is 10.7. The SMILES string of the molecule is CC(Sc1nnc(-c2ccccc2)c(-c2ccccc2)n1)c1nnc(-c2ccc([N+](=O)[O-])cc2)o1. The van der Waals surface area contributed by atoms with Gasteiger partial charge in [-0.05, 0) is 19.1 Å². The molecular formula is C25H18N6O3S. The molecule has 5 aromatic rings. The van der Waals surface area contributed by atoms with E-state index in [1.54, 1.807) is 12.1 Å². The minimum absolute atomic E-state index is 0.00442. The van der Waals surface area contributed by atoms with E-state index < -0.39 is 4.92 Å². The van der Waals surface area contributed by atoms with Crippen LogP contribution in [0.3, 0.4) is 0 Å². The highest BCUT2D eigenvalue weighted by atomic mass is 32.2. The number of nitrogens with zero attached hydrogens (tertiary/aromatic N) is 6. The van der Waals surface area contributed by atoms with Gasteiger partial charge in [0.25, 0.3) is 5.69 Å². The van der Waals surface area contributed by atoms with Crippen LogP contribution in [0.1, 0.15) is 18.1 Å². The molecule has 0 saturated carbocycles. The van der Waals surface area contributed by atoms with Gasteiger partial charge in [-0.1, -0.05) is 72.4 Å². The fourth-order valence-electron chi connectivity index (χ4n) is 3.40. The molecule has 0 aliphatic carbocycles. The Labute approximate surface area is 204 Å². The molecule has 1 unspecified atom stereocenters. The van der Waals surface area contributed by atoms with Crippen molar-refractivity contribution in [3.63, 3.8) is 0 Å². The molecule has 1 atom stereocenters. The zero-order valence-corrected chi connectivity index (χ0v) is 19.3. The Morgan fingerprint density at radius 3 is 2.03 bits per heavy atom. The highest BCUT2D eigenvalue weighted by molar-refractivity contribution is 7.99. The number of rotatable bonds is 7. The predicted octanol–water partition coefficient (Wildman–Crippen LogP) is 6.02. The maximum absolute atomic E-state index is 10.9. The molecule has 2 heterocycles. The highest BCUT2D eigenvalue weighted by Crippen LogP contribution is 2.36. The van der Waals surface area contributed by atoms with Crippen LogP contribution in [0.25, 0.3) is 34.0 Å². The number of aromatic nitrogens is 5. The van der Waals surface area contributed by atoms with Gasteiger partial charge in [-0.25, -0.2) is 4.98 Å². The Bertz CT molecular complexity index is 1460. The van der Waals surface area contributed by atoms with Crippen molar-refractivity contribution in [1.82, 2.24) is 25.4 Å². The summed E-state index contributed by atoms with van der Waals surface area (Å²) in [6.07, 6.45) is 0. The maximum atomic E-state index is 10.9. The van der Waals surface area contributed by atoms with Gasteiger partial charge in [0.05, 0.1) is 10.2 Å². The van der Waals surface area contributed by atoms with Crippen LogP contribution in [0.5, 0.6) is 0 Å². The van der Waals surface area contributed by atoms with E-state index in [1.165, 1.54) is 23.9 Å². The molecule has 9 nitrogen and oxygen atoms in total. The van der Waals surface area contributed by atoms with Crippen molar-refractivity contribution in [3.8, 4) is 34.0 Å². The van der Waals surface area contributed by atoms with Crippen molar-refractivity contribution >= 4 is 17.4 Å². The first kappa shape index (κ1) is 22.4. The topological polar surface area (TPSA) is 121 Å². The summed E-state index contributed by atoms with van der Waals surface area (Å²) in [5.41, 5.74) is 3.90. The standard InChI is InChI=1S/C25H18N6O3S/c1-16(23-28-29-24(34-23)19-12-14-20(15-13-19)31(32)33)35-25-26-21(17-8-4-2-5-9-17)22(27-30-25)18-10-6-3-7-11-18/h2-16H,1H3. The first-order chi connectivity index (χ1) is 17.1. The third kappa shape index (κ3) is 4.92. The Balaban J connectivity index is 1.41. The lowest BCUT2D eigenvalue weighted by Gasteiger charge is -2.10. The van der Waals surface area contributed by atoms with Crippen molar-refractivity contribution in [2.45, 2.75) is 17.3 Å². The largest absolute Gasteiger partial charge is 0.419 e. The van der Waals surface area contributed by atoms with Gasteiger partial charge in [0.2, 0.25) is 16.9 Å². The van der Waals surface area contributed by atoms with Crippen molar-refractivity contribution in [1.29, 1.82) is 0 Å². The molecule has 0 aliphatic heterocycles. The Kier molecular flexibility index (Phi) is 6.27. The number of nitro benzene ring substituents is 1. The minimum Gasteiger partial charge on any atom is -0.419 e. The van der Waals surface area contributed by atoms with Crippen LogP contribution in [0, 0.1) is 10.1 Å². The van der Waals surface area contributed by atoms with Gasteiger partial charge in [0, 0.05) is 28.8 Å². The Morgan fingerprint density at radius 2 is 1.40 bits per heavy atom. The summed E-state index contributed by atoms with van der Waals surface area (Å²) in [4.78, 5) is 15.2. The number of thioether (sulfide) groups is 1. The van der Waals surface area contributed by atoms with E-state index in [4.69, 9.17) is 9.40 Å². The van der Waals surface area contributed by atoms with E-state index in [9.17, 15) is 10.1 Å². The number of non-ortho nitro benzene ring substituents is 1. The third-order valence-electron chi connectivity index (χ3n) is 5.16. The fraction of sp³-hybridized carbons (Fsp3) is 0.0800. The molecule has 0 bridgehead atoms. The minimum atomic E-state index is -0.456. The lowest BCUT2D eigenvalue weighted by atomic mass is 10.0. The van der Waals surface area contributed by atoms with Crippen LogP contribution >= 0.6 is 11.8 Å². The van der Waals surface area contributed by atoms with Gasteiger partial charge in [-0.2, -0.15) is 0 Å². The molecule has 35 heavy (non-hydrogen) atoms. The van der Waals surface area contributed by atoms with Crippen molar-refractivity contribution in [2.75, 3.05) is 0 Å². The number of benzene rings is 3. The normalized spacial score (nSPS) is 11.8. The molecule has 10 heteroatoms. The van der Waals surface area contributed by atoms with Gasteiger partial charge in [0.15, 0.2) is 0 Å². The predicted molar refractivity (Wildman–Crippen MR) is 131 cm³/mol. The molecule has 0 radical (unpaired) electrons. The number of hydrogen-bond donors (Lipinski definition) is 0. The van der Waals surface area contributed by atoms with Gasteiger partial charge in [0.1, 0.15) is 11.4 Å². The first-order valence-corrected chi connectivity index (χ1v) is 11.6. The lowest BCUT2D eigenvalue weighted by Crippen LogP contribution is -2.00. The zero-order chi connectivity index (χ0) is 24.2. The van der Waals surface area contributed by atoms with Crippen molar-refractivity contribution < 1.29 is 9.34 Å². The van der Waals surface area contributed by atoms with Gasteiger partial charge in [-0.15, -0.1) is 20.4 Å². The maximum Gasteiger partial charge on any atom is 0.269 e. The van der Waals surface area contributed by atoms with E-state index in [0.717, 1.165) is 16.8 Å². The van der Waals surface area contributed by atoms with Crippen LogP contribution in [0.4, 0.5) is 5.69 Å². The summed E-state index contributed by atoms with van der Waals surface area (Å²) in [6, 6.07) is 25.6. The average molecular weight is 483 g/mol. The van der Waals surface area contributed by atoms with Crippen LogP contribution in [-0.4, -0.2) is 30.3 Å². The second-order valence-corrected chi connectivity index (χ2v) is 8.84. The van der Waals surface area contributed by atoms with Crippen LogP contribution in [0.2, 0.25) is 0 Å². The van der Waals surface area contributed by atoms with E-state index in [1.807, 2.05) is 67.6 Å². The molecule has 5 rings (SSSR count). The summed E-state index contributed by atoms with van der Waals surface area (Å²) in [7, 11) is 0. The van der Waals surface area contributed by atoms with Crippen molar-refractivity contribution in [2.24, 2.45) is 0 Å². The monoisotopic (exact) mass is 482 g/mol. The summed E-state index contributed by atoms with van der Waals surface area (Å²) >= 11 is 1.35. The van der Waals surface area contributed by atoms with Crippen LogP contribution in [-0.2, 0) is 0 Å². The summed E-state index contributed by atoms with van der Waals surface area (Å²) < 4.78 is 5.82. The average Bonchev–Trinajstić information content (AvgIpc) is 3.40. The highest BCUT2D eigenvalue weighted by Gasteiger charge is 2.20. The Morgan fingerprint density at radius 1 is 0.771 bits per heavy atom. The van der Waals surface area contributed by atoms with E-state index in [2.05, 4.69) is 20.4 Å². The summed E-state index contributed by atoms with van der Waals surface area (Å²) in [5, 5.41) is 28.2. The van der Waals surface area contributed by atoms with Gasteiger partial charge in [-0.3, -0.25) is 10.1 Å². The second kappa shape index (κ2) is 9.82. The van der Waals surface area contributed by atoms with Gasteiger partial charge < -0.3 is 4.42 Å². The molecule has 2 aromatic heterocycles. The molecule has 0 spiro atoms. The third-order valence-corrected chi connectivity index (χ3v) is 6.10. The zero-order valence-electron chi connectivity index (χ0n) is 18.5. The lowest BCUT2D eigenvalue weighted by molar-refractivity contribution is -0.384. The van der Waals surface area contributed by atoms with Crippen LogP contribution in [0.15, 0.2) is 94.5 Å². The van der Waals surface area contributed by atoms with E-state index >= 15 is 0 Å². The molecular weight excluding hydrogens is 464 g/mol. The van der Waals surface area contributed by atoms with E-state index in [-0.39, 0.29) is 16.8 Å². The second-order valence-electron chi connectivity index (χ2n) is 7.53. The smallest absolute Gasteiger partial charge is 0.269 e. The quantitative estimate of drug-likeness (QED) is 0.156. The molecule has 0 amide bonds. The Hall–Kier alpha value is -4.44. The molecule has 0 aliphatic rings. The van der Waals surface area contributed by atoms with Gasteiger partial charge >= 0.3 is 0 Å². The molecule has 0 N–H and O–H groups in total. The van der Waals surface area contributed by atoms with Crippen LogP contribution < -0.4 is 0 Å². The number of hydrogen-bond acceptors (Lipinski definition) is 9. The molecule has 3 aromatic carbocycles. The van der Waals surface area contributed by atoms with E-state index in [0.29, 0.717) is 22.3 Å². The van der Waals surface area contributed by atoms with Crippen molar-refractivity contribution in [3.05, 3.63) is 101 Å². The molecule has 172 valence electrons.